The molecule has 4 rings (SSSR count). The standard InChI is InChI=1S/C33H41ClN6O5/c1-45-26-14-10-23(11-15-26)6-3-17-40(16-2-5-22-8-12-25(13-9-22)33(44)37-20-28(42)43)18-4-7-24(21-40)19-27(41)29-31(35)39-32(36)30(34)38-29/h8-15,24H,2-7,16-21H2,1H3,(H5-,35,36,37,39,41,42,43,44)/p+1. The molecule has 0 radical (unpaired) electrons. The number of amides is 1. The van der Waals surface area contributed by atoms with Gasteiger partial charge in [0, 0.05) is 30.7 Å². The number of piperidine rings is 1. The zero-order chi connectivity index (χ0) is 32.4. The minimum Gasteiger partial charge on any atom is -0.497 e. The first kappa shape index (κ1) is 33.7. The normalized spacial score (nSPS) is 17.9. The summed E-state index contributed by atoms with van der Waals surface area (Å²) in [5.74, 6) is -0.639. The average Bonchev–Trinajstić information content (AvgIpc) is 3.02. The minimum atomic E-state index is -1.09. The summed E-state index contributed by atoms with van der Waals surface area (Å²) in [6, 6.07) is 15.5. The molecule has 11 nitrogen and oxygen atoms in total. The third-order valence-corrected chi connectivity index (χ3v) is 8.78. The number of aryl methyl sites for hydroxylation is 2. The van der Waals surface area contributed by atoms with Crippen molar-refractivity contribution in [1.29, 1.82) is 0 Å². The molecule has 3 aromatic rings. The summed E-state index contributed by atoms with van der Waals surface area (Å²) in [4.78, 5) is 44.3. The molecule has 1 aromatic heterocycles. The van der Waals surface area contributed by atoms with Crippen LogP contribution in [0.25, 0.3) is 0 Å². The Kier molecular flexibility index (Phi) is 11.7. The number of ether oxygens (including phenoxy) is 1. The van der Waals surface area contributed by atoms with Gasteiger partial charge in [-0.15, -0.1) is 0 Å². The number of ketones is 1. The Balaban J connectivity index is 1.41. The Labute approximate surface area is 268 Å². The van der Waals surface area contributed by atoms with Crippen molar-refractivity contribution < 1.29 is 28.7 Å². The molecule has 2 aromatic carbocycles. The fourth-order valence-corrected chi connectivity index (χ4v) is 6.37. The Hall–Kier alpha value is -4.22. The van der Waals surface area contributed by atoms with E-state index in [2.05, 4.69) is 27.4 Å². The number of Topliss-reactive ketones (excluding diaryl/α,β-unsaturated/α-hetero) is 1. The van der Waals surface area contributed by atoms with Crippen molar-refractivity contribution in [3.05, 3.63) is 76.1 Å². The van der Waals surface area contributed by atoms with E-state index in [1.165, 1.54) is 5.56 Å². The highest BCUT2D eigenvalue weighted by molar-refractivity contribution is 6.31. The van der Waals surface area contributed by atoms with Crippen LogP contribution in [0, 0.1) is 5.92 Å². The molecule has 12 heteroatoms. The number of nitrogens with one attached hydrogen (secondary N) is 1. The largest absolute Gasteiger partial charge is 0.497 e. The fraction of sp³-hybridized carbons (Fsp3) is 0.424. The number of rotatable bonds is 15. The van der Waals surface area contributed by atoms with Crippen molar-refractivity contribution in [2.75, 3.05) is 51.3 Å². The number of benzene rings is 2. The van der Waals surface area contributed by atoms with Crippen LogP contribution in [0.2, 0.25) is 5.15 Å². The monoisotopic (exact) mass is 637 g/mol. The summed E-state index contributed by atoms with van der Waals surface area (Å²) in [6.07, 6.45) is 6.04. The number of nitrogens with zero attached hydrogens (tertiary/aromatic N) is 3. The lowest BCUT2D eigenvalue weighted by Gasteiger charge is -2.45. The van der Waals surface area contributed by atoms with Crippen LogP contribution in [-0.2, 0) is 17.6 Å². The van der Waals surface area contributed by atoms with E-state index in [-0.39, 0.29) is 34.2 Å². The van der Waals surface area contributed by atoms with E-state index in [0.29, 0.717) is 12.0 Å². The van der Waals surface area contributed by atoms with Gasteiger partial charge in [0.1, 0.15) is 18.0 Å². The van der Waals surface area contributed by atoms with E-state index >= 15 is 0 Å². The Morgan fingerprint density at radius 2 is 1.60 bits per heavy atom. The maximum atomic E-state index is 13.3. The van der Waals surface area contributed by atoms with Crippen LogP contribution in [-0.4, -0.2) is 77.1 Å². The van der Waals surface area contributed by atoms with Gasteiger partial charge < -0.3 is 31.1 Å². The van der Waals surface area contributed by atoms with Crippen molar-refractivity contribution in [2.45, 2.75) is 44.9 Å². The number of halogens is 1. The predicted molar refractivity (Wildman–Crippen MR) is 173 cm³/mol. The van der Waals surface area contributed by atoms with Crippen LogP contribution in [0.3, 0.4) is 0 Å². The SMILES string of the molecule is COc1ccc(CCC[N+]2(CCCc3ccc(C(=O)NCC(=O)O)cc3)CCCC(CC(=O)c3nc(Cl)c(N)nc3N)C2)cc1. The molecule has 1 aliphatic heterocycles. The zero-order valence-electron chi connectivity index (χ0n) is 25.6. The van der Waals surface area contributed by atoms with Gasteiger partial charge in [0.25, 0.3) is 5.91 Å². The summed E-state index contributed by atoms with van der Waals surface area (Å²) in [7, 11) is 1.66. The molecule has 1 saturated heterocycles. The maximum Gasteiger partial charge on any atom is 0.322 e. The number of hydrogen-bond donors (Lipinski definition) is 4. The number of likely N-dealkylation sites (tertiary alicyclic amines) is 1. The van der Waals surface area contributed by atoms with Crippen molar-refractivity contribution in [2.24, 2.45) is 5.92 Å². The summed E-state index contributed by atoms with van der Waals surface area (Å²) < 4.78 is 6.22. The summed E-state index contributed by atoms with van der Waals surface area (Å²) in [6.45, 7) is 3.47. The van der Waals surface area contributed by atoms with Gasteiger partial charge in [-0.1, -0.05) is 35.9 Å². The van der Waals surface area contributed by atoms with E-state index in [1.807, 2.05) is 24.3 Å². The Morgan fingerprint density at radius 3 is 2.20 bits per heavy atom. The number of methoxy groups -OCH3 is 1. The number of aromatic nitrogens is 2. The van der Waals surface area contributed by atoms with E-state index < -0.39 is 18.4 Å². The average molecular weight is 638 g/mol. The molecular weight excluding hydrogens is 596 g/mol. The van der Waals surface area contributed by atoms with Crippen LogP contribution >= 0.6 is 11.6 Å². The molecule has 6 N–H and O–H groups in total. The number of carboxylic acid groups (broad SMARTS) is 1. The van der Waals surface area contributed by atoms with Crippen LogP contribution in [0.5, 0.6) is 5.75 Å². The van der Waals surface area contributed by atoms with Gasteiger partial charge >= 0.3 is 5.97 Å². The maximum absolute atomic E-state index is 13.3. The van der Waals surface area contributed by atoms with E-state index in [9.17, 15) is 14.4 Å². The fourth-order valence-electron chi connectivity index (χ4n) is 6.25. The second kappa shape index (κ2) is 15.7. The van der Waals surface area contributed by atoms with Crippen LogP contribution in [0.1, 0.15) is 64.1 Å². The number of hydrogen-bond acceptors (Lipinski definition) is 8. The first-order chi connectivity index (χ1) is 21.6. The smallest absolute Gasteiger partial charge is 0.322 e. The number of anilines is 2. The first-order valence-electron chi connectivity index (χ1n) is 15.3. The number of carbonyl (C=O) groups is 3. The van der Waals surface area contributed by atoms with Gasteiger partial charge in [-0.05, 0) is 61.1 Å². The van der Waals surface area contributed by atoms with E-state index in [4.69, 9.17) is 32.9 Å². The highest BCUT2D eigenvalue weighted by Gasteiger charge is 2.36. The Morgan fingerprint density at radius 1 is 0.978 bits per heavy atom. The summed E-state index contributed by atoms with van der Waals surface area (Å²) in [5.41, 5.74) is 14.6. The molecule has 2 heterocycles. The molecule has 45 heavy (non-hydrogen) atoms. The van der Waals surface area contributed by atoms with E-state index in [0.717, 1.165) is 80.5 Å². The predicted octanol–water partition coefficient (Wildman–Crippen LogP) is 4.18. The van der Waals surface area contributed by atoms with Gasteiger partial charge in [-0.3, -0.25) is 14.4 Å². The molecule has 240 valence electrons. The number of carbonyl (C=O) groups excluding carboxylic acids is 2. The summed E-state index contributed by atoms with van der Waals surface area (Å²) >= 11 is 6.04. The van der Waals surface area contributed by atoms with E-state index in [1.54, 1.807) is 19.2 Å². The van der Waals surface area contributed by atoms with Crippen LogP contribution in [0.4, 0.5) is 11.6 Å². The highest BCUT2D eigenvalue weighted by Crippen LogP contribution is 2.30. The minimum absolute atomic E-state index is 0.00309. The van der Waals surface area contributed by atoms with Gasteiger partial charge in [-0.2, -0.15) is 0 Å². The molecular formula is C33H42ClN6O5+. The zero-order valence-corrected chi connectivity index (χ0v) is 26.4. The molecule has 2 atom stereocenters. The molecule has 1 amide bonds. The second-order valence-corrected chi connectivity index (χ2v) is 12.2. The number of nitrogen functional groups attached to an aromatic ring is 2. The molecule has 1 aliphatic rings. The quantitative estimate of drug-likeness (QED) is 0.141. The molecule has 2 unspecified atom stereocenters. The van der Waals surface area contributed by atoms with Crippen LogP contribution < -0.4 is 21.5 Å². The number of quaternary nitrogens is 1. The third kappa shape index (κ3) is 9.63. The van der Waals surface area contributed by atoms with Gasteiger partial charge in [0.05, 0.1) is 33.3 Å². The van der Waals surface area contributed by atoms with Crippen molar-refractivity contribution in [3.8, 4) is 5.75 Å². The van der Waals surface area contributed by atoms with Crippen LogP contribution in [0.15, 0.2) is 48.5 Å². The molecule has 0 aliphatic carbocycles. The highest BCUT2D eigenvalue weighted by atomic mass is 35.5. The molecule has 0 spiro atoms. The molecule has 1 fully saturated rings. The first-order valence-corrected chi connectivity index (χ1v) is 15.6. The topological polar surface area (TPSA) is 171 Å². The summed E-state index contributed by atoms with van der Waals surface area (Å²) in [5, 5.41) is 11.2. The molecule has 0 bridgehead atoms. The van der Waals surface area contributed by atoms with Gasteiger partial charge in [0.2, 0.25) is 0 Å². The van der Waals surface area contributed by atoms with Gasteiger partial charge in [-0.25, -0.2) is 9.97 Å². The lowest BCUT2D eigenvalue weighted by atomic mass is 9.89. The third-order valence-electron chi connectivity index (χ3n) is 8.50. The van der Waals surface area contributed by atoms with Gasteiger partial charge in [0.15, 0.2) is 22.6 Å². The lowest BCUT2D eigenvalue weighted by Crippen LogP contribution is -2.55. The number of nitrogens with two attached hydrogens (primary N) is 2. The molecule has 0 saturated carbocycles. The lowest BCUT2D eigenvalue weighted by molar-refractivity contribution is -0.936. The van der Waals surface area contributed by atoms with Crippen molar-refractivity contribution in [3.63, 3.8) is 0 Å². The second-order valence-electron chi connectivity index (χ2n) is 11.8. The number of carboxylic acids is 1. The Bertz CT molecular complexity index is 1480. The van der Waals surface area contributed by atoms with Crippen molar-refractivity contribution >= 4 is 40.9 Å². The van der Waals surface area contributed by atoms with Crippen molar-refractivity contribution in [1.82, 2.24) is 15.3 Å². The number of aliphatic carboxylic acids is 1.